The summed E-state index contributed by atoms with van der Waals surface area (Å²) >= 11 is 0. The molecular weight excluding hydrogens is 236 g/mol. The third-order valence-corrected chi connectivity index (χ3v) is 2.43. The van der Waals surface area contributed by atoms with Gasteiger partial charge in [-0.05, 0) is 12.8 Å². The van der Waals surface area contributed by atoms with E-state index in [-0.39, 0.29) is 18.5 Å². The Kier molecular flexibility index (Phi) is 3.45. The van der Waals surface area contributed by atoms with E-state index in [1.165, 1.54) is 15.8 Å². The number of hydrogen-bond acceptors (Lipinski definition) is 4. The highest BCUT2D eigenvalue weighted by atomic mass is 16.2. The molecule has 2 N–H and O–H groups in total. The third-order valence-electron chi connectivity index (χ3n) is 2.43. The Morgan fingerprint density at radius 1 is 1.50 bits per heavy atom. The Balaban J connectivity index is 1.85. The number of nitrogens with zero attached hydrogens (tertiary/aromatic N) is 4. The monoisotopic (exact) mass is 252 g/mol. The highest BCUT2D eigenvalue weighted by molar-refractivity contribution is 5.87. The van der Waals surface area contributed by atoms with Crippen molar-refractivity contribution in [3.63, 3.8) is 0 Å². The number of rotatable bonds is 4. The summed E-state index contributed by atoms with van der Waals surface area (Å²) in [6.07, 6.45) is 3.62. The van der Waals surface area contributed by atoms with Crippen molar-refractivity contribution in [3.8, 4) is 0 Å². The predicted octanol–water partition coefficient (Wildman–Crippen LogP) is -0.350. The first-order valence-electron chi connectivity index (χ1n) is 5.72. The van der Waals surface area contributed by atoms with Crippen LogP contribution in [-0.4, -0.2) is 52.0 Å². The van der Waals surface area contributed by atoms with Crippen LogP contribution in [-0.2, 0) is 11.3 Å². The molecule has 1 aliphatic rings. The molecule has 1 heterocycles. The average Bonchev–Trinajstić information content (AvgIpc) is 2.99. The van der Waals surface area contributed by atoms with Crippen LogP contribution in [0.3, 0.4) is 0 Å². The average molecular weight is 252 g/mol. The van der Waals surface area contributed by atoms with Crippen LogP contribution in [0.25, 0.3) is 0 Å². The standard InChI is InChI=1S/C10H16N6O2/c1-15(2)10(18)12-8-5-16(14-13-8)6-9(17)11-7-3-4-7/h5,7H,3-4,6H2,1-2H3,(H,11,17)(H,12,18). The summed E-state index contributed by atoms with van der Waals surface area (Å²) in [5.41, 5.74) is 0. The number of aromatic nitrogens is 3. The zero-order chi connectivity index (χ0) is 13.1. The minimum Gasteiger partial charge on any atom is -0.352 e. The van der Waals surface area contributed by atoms with Crippen molar-refractivity contribution in [3.05, 3.63) is 6.20 Å². The van der Waals surface area contributed by atoms with Crippen LogP contribution in [0.5, 0.6) is 0 Å². The number of nitrogens with one attached hydrogen (secondary N) is 2. The summed E-state index contributed by atoms with van der Waals surface area (Å²) in [6.45, 7) is 0.112. The number of amides is 3. The Morgan fingerprint density at radius 2 is 2.22 bits per heavy atom. The van der Waals surface area contributed by atoms with E-state index >= 15 is 0 Å². The fourth-order valence-corrected chi connectivity index (χ4v) is 1.30. The van der Waals surface area contributed by atoms with Crippen molar-refractivity contribution in [2.24, 2.45) is 0 Å². The molecule has 0 saturated heterocycles. The number of carbonyl (C=O) groups excluding carboxylic acids is 2. The molecule has 0 aliphatic heterocycles. The Bertz CT molecular complexity index is 451. The molecule has 0 bridgehead atoms. The van der Waals surface area contributed by atoms with Crippen molar-refractivity contribution in [1.82, 2.24) is 25.2 Å². The molecule has 1 aromatic rings. The summed E-state index contributed by atoms with van der Waals surface area (Å²) in [5, 5.41) is 12.9. The highest BCUT2D eigenvalue weighted by Gasteiger charge is 2.23. The van der Waals surface area contributed by atoms with Crippen molar-refractivity contribution in [1.29, 1.82) is 0 Å². The van der Waals surface area contributed by atoms with E-state index in [1.54, 1.807) is 14.1 Å². The third kappa shape index (κ3) is 3.44. The number of anilines is 1. The van der Waals surface area contributed by atoms with E-state index in [0.717, 1.165) is 12.8 Å². The van der Waals surface area contributed by atoms with Gasteiger partial charge in [0.25, 0.3) is 0 Å². The van der Waals surface area contributed by atoms with Crippen LogP contribution in [0.15, 0.2) is 6.20 Å². The van der Waals surface area contributed by atoms with Crippen LogP contribution in [0.1, 0.15) is 12.8 Å². The zero-order valence-corrected chi connectivity index (χ0v) is 10.4. The van der Waals surface area contributed by atoms with E-state index < -0.39 is 0 Å². The summed E-state index contributed by atoms with van der Waals surface area (Å²) in [7, 11) is 3.26. The van der Waals surface area contributed by atoms with Gasteiger partial charge in [0.2, 0.25) is 5.91 Å². The van der Waals surface area contributed by atoms with Gasteiger partial charge in [-0.15, -0.1) is 5.10 Å². The Labute approximate surface area is 104 Å². The fourth-order valence-electron chi connectivity index (χ4n) is 1.30. The molecule has 8 nitrogen and oxygen atoms in total. The molecule has 1 aromatic heterocycles. The zero-order valence-electron chi connectivity index (χ0n) is 10.4. The lowest BCUT2D eigenvalue weighted by atomic mass is 10.5. The minimum absolute atomic E-state index is 0.0899. The second kappa shape index (κ2) is 5.03. The Hall–Kier alpha value is -2.12. The summed E-state index contributed by atoms with van der Waals surface area (Å²) < 4.78 is 1.39. The number of hydrogen-bond donors (Lipinski definition) is 2. The normalized spacial score (nSPS) is 14.1. The van der Waals surface area contributed by atoms with Gasteiger partial charge in [-0.3, -0.25) is 10.1 Å². The second-order valence-corrected chi connectivity index (χ2v) is 4.47. The van der Waals surface area contributed by atoms with Crippen molar-refractivity contribution in [2.75, 3.05) is 19.4 Å². The molecule has 0 aromatic carbocycles. The first-order valence-corrected chi connectivity index (χ1v) is 5.72. The SMILES string of the molecule is CN(C)C(=O)Nc1cn(CC(=O)NC2CC2)nn1. The van der Waals surface area contributed by atoms with E-state index in [4.69, 9.17) is 0 Å². The van der Waals surface area contributed by atoms with Gasteiger partial charge in [0.1, 0.15) is 6.54 Å². The van der Waals surface area contributed by atoms with Crippen molar-refractivity contribution in [2.45, 2.75) is 25.4 Å². The molecule has 1 saturated carbocycles. The van der Waals surface area contributed by atoms with Gasteiger partial charge in [-0.25, -0.2) is 9.48 Å². The van der Waals surface area contributed by atoms with Gasteiger partial charge >= 0.3 is 6.03 Å². The minimum atomic E-state index is -0.288. The topological polar surface area (TPSA) is 92.2 Å². The van der Waals surface area contributed by atoms with Crippen LogP contribution >= 0.6 is 0 Å². The molecule has 0 spiro atoms. The largest absolute Gasteiger partial charge is 0.352 e. The molecule has 0 atom stereocenters. The summed E-state index contributed by atoms with van der Waals surface area (Å²) in [5.74, 6) is 0.237. The summed E-state index contributed by atoms with van der Waals surface area (Å²) in [6, 6.07) is 0.0402. The maximum Gasteiger partial charge on any atom is 0.322 e. The van der Waals surface area contributed by atoms with Crippen molar-refractivity contribution < 1.29 is 9.59 Å². The molecule has 18 heavy (non-hydrogen) atoms. The molecule has 1 aliphatic carbocycles. The van der Waals surface area contributed by atoms with Gasteiger partial charge in [-0.2, -0.15) is 0 Å². The molecule has 3 amide bonds. The van der Waals surface area contributed by atoms with Crippen LogP contribution in [0.4, 0.5) is 10.6 Å². The highest BCUT2D eigenvalue weighted by Crippen LogP contribution is 2.18. The van der Waals surface area contributed by atoms with Crippen LogP contribution in [0, 0.1) is 0 Å². The molecule has 8 heteroatoms. The molecule has 0 unspecified atom stereocenters. The smallest absolute Gasteiger partial charge is 0.322 e. The van der Waals surface area contributed by atoms with Crippen LogP contribution in [0.2, 0.25) is 0 Å². The molecule has 2 rings (SSSR count). The predicted molar refractivity (Wildman–Crippen MR) is 63.9 cm³/mol. The van der Waals surface area contributed by atoms with E-state index in [1.807, 2.05) is 0 Å². The lowest BCUT2D eigenvalue weighted by molar-refractivity contribution is -0.122. The van der Waals surface area contributed by atoms with Crippen molar-refractivity contribution >= 4 is 17.8 Å². The lowest BCUT2D eigenvalue weighted by Crippen LogP contribution is -2.29. The molecular formula is C10H16N6O2. The van der Waals surface area contributed by atoms with Gasteiger partial charge in [0.15, 0.2) is 5.82 Å². The van der Waals surface area contributed by atoms with Crippen LogP contribution < -0.4 is 10.6 Å². The van der Waals surface area contributed by atoms with Gasteiger partial charge in [0.05, 0.1) is 6.20 Å². The first kappa shape index (κ1) is 12.3. The fraction of sp³-hybridized carbons (Fsp3) is 0.600. The summed E-state index contributed by atoms with van der Waals surface area (Å²) in [4.78, 5) is 24.3. The molecule has 98 valence electrons. The lowest BCUT2D eigenvalue weighted by Gasteiger charge is -2.08. The maximum absolute atomic E-state index is 11.5. The molecule has 0 radical (unpaired) electrons. The van der Waals surface area contributed by atoms with Gasteiger partial charge in [-0.1, -0.05) is 5.21 Å². The van der Waals surface area contributed by atoms with E-state index in [2.05, 4.69) is 20.9 Å². The van der Waals surface area contributed by atoms with E-state index in [9.17, 15) is 9.59 Å². The quantitative estimate of drug-likeness (QED) is 0.766. The van der Waals surface area contributed by atoms with E-state index in [0.29, 0.717) is 11.9 Å². The van der Waals surface area contributed by atoms with Gasteiger partial charge < -0.3 is 10.2 Å². The number of urea groups is 1. The second-order valence-electron chi connectivity index (χ2n) is 4.47. The maximum atomic E-state index is 11.5. The first-order chi connectivity index (χ1) is 8.54. The molecule has 1 fully saturated rings. The van der Waals surface area contributed by atoms with Gasteiger partial charge in [0, 0.05) is 20.1 Å². The number of carbonyl (C=O) groups is 2. The Morgan fingerprint density at radius 3 is 2.83 bits per heavy atom.